The fourth-order valence-corrected chi connectivity index (χ4v) is 2.66. The lowest BCUT2D eigenvalue weighted by Crippen LogP contribution is -2.20. The molecule has 110 valence electrons. The summed E-state index contributed by atoms with van der Waals surface area (Å²) < 4.78 is 6.52. The summed E-state index contributed by atoms with van der Waals surface area (Å²) >= 11 is 3.40. The molecule has 1 N–H and O–H groups in total. The van der Waals surface area contributed by atoms with Crippen LogP contribution in [0.1, 0.15) is 16.7 Å². The summed E-state index contributed by atoms with van der Waals surface area (Å²) in [4.78, 5) is 12.0. The maximum atomic E-state index is 12.0. The van der Waals surface area contributed by atoms with E-state index in [1.807, 2.05) is 57.2 Å². The van der Waals surface area contributed by atoms with Crippen LogP contribution in [0.15, 0.2) is 40.9 Å². The van der Waals surface area contributed by atoms with Gasteiger partial charge in [-0.25, -0.2) is 0 Å². The third-order valence-corrected chi connectivity index (χ3v) is 3.79. The molecule has 3 nitrogen and oxygen atoms in total. The van der Waals surface area contributed by atoms with Gasteiger partial charge in [0, 0.05) is 4.47 Å². The van der Waals surface area contributed by atoms with Crippen LogP contribution < -0.4 is 10.1 Å². The van der Waals surface area contributed by atoms with Crippen LogP contribution in [0.25, 0.3) is 0 Å². The van der Waals surface area contributed by atoms with E-state index in [0.29, 0.717) is 0 Å². The normalized spacial score (nSPS) is 10.3. The highest BCUT2D eigenvalue weighted by molar-refractivity contribution is 9.10. The Bertz CT molecular complexity index is 645. The molecule has 0 aliphatic rings. The van der Waals surface area contributed by atoms with Crippen molar-refractivity contribution in [1.29, 1.82) is 0 Å². The number of nitrogens with one attached hydrogen (secondary N) is 1. The summed E-state index contributed by atoms with van der Waals surface area (Å²) in [5.41, 5.74) is 4.01. The molecule has 2 aromatic carbocycles. The van der Waals surface area contributed by atoms with Gasteiger partial charge in [0.25, 0.3) is 5.91 Å². The minimum atomic E-state index is -0.179. The van der Waals surface area contributed by atoms with Crippen molar-refractivity contribution in [1.82, 2.24) is 0 Å². The number of halogens is 1. The van der Waals surface area contributed by atoms with Crippen molar-refractivity contribution in [2.24, 2.45) is 0 Å². The van der Waals surface area contributed by atoms with Gasteiger partial charge in [0.05, 0.1) is 5.69 Å². The molecule has 0 fully saturated rings. The Hall–Kier alpha value is -1.81. The number of rotatable bonds is 4. The topological polar surface area (TPSA) is 38.3 Å². The molecule has 0 atom stereocenters. The van der Waals surface area contributed by atoms with Crippen LogP contribution in [-0.2, 0) is 4.79 Å². The Morgan fingerprint density at radius 2 is 1.76 bits per heavy atom. The number of amides is 1. The van der Waals surface area contributed by atoms with E-state index in [-0.39, 0.29) is 12.5 Å². The first-order chi connectivity index (χ1) is 9.97. The maximum Gasteiger partial charge on any atom is 0.262 e. The molecule has 0 spiro atoms. The van der Waals surface area contributed by atoms with Gasteiger partial charge in [-0.1, -0.05) is 29.8 Å². The van der Waals surface area contributed by atoms with Crippen LogP contribution in [0.4, 0.5) is 5.69 Å². The molecule has 0 aliphatic heterocycles. The molecule has 2 rings (SSSR count). The highest BCUT2D eigenvalue weighted by Gasteiger charge is 2.09. The zero-order valence-corrected chi connectivity index (χ0v) is 14.0. The van der Waals surface area contributed by atoms with Crippen LogP contribution >= 0.6 is 15.9 Å². The number of anilines is 1. The Kier molecular flexibility index (Phi) is 5.02. The van der Waals surface area contributed by atoms with E-state index in [4.69, 9.17) is 4.74 Å². The zero-order chi connectivity index (χ0) is 15.4. The largest absolute Gasteiger partial charge is 0.483 e. The van der Waals surface area contributed by atoms with Crippen molar-refractivity contribution in [3.05, 3.63) is 57.6 Å². The second-order valence-electron chi connectivity index (χ2n) is 5.04. The average molecular weight is 348 g/mol. The number of aryl methyl sites for hydroxylation is 3. The molecule has 1 amide bonds. The highest BCUT2D eigenvalue weighted by Crippen LogP contribution is 2.25. The third kappa shape index (κ3) is 4.08. The van der Waals surface area contributed by atoms with Crippen LogP contribution in [-0.4, -0.2) is 12.5 Å². The number of carbonyl (C=O) groups is 1. The Morgan fingerprint density at radius 1 is 1.14 bits per heavy atom. The molecule has 0 aliphatic carbocycles. The lowest BCUT2D eigenvalue weighted by Gasteiger charge is -2.13. The SMILES string of the molecule is Cc1cc(C)c(OCC(=O)Nc2ccccc2Br)c(C)c1. The molecular weight excluding hydrogens is 330 g/mol. The smallest absolute Gasteiger partial charge is 0.262 e. The summed E-state index contributed by atoms with van der Waals surface area (Å²) in [6.07, 6.45) is 0. The lowest BCUT2D eigenvalue weighted by molar-refractivity contribution is -0.118. The van der Waals surface area contributed by atoms with Crippen LogP contribution in [0, 0.1) is 20.8 Å². The van der Waals surface area contributed by atoms with E-state index in [1.54, 1.807) is 0 Å². The number of ether oxygens (including phenoxy) is 1. The fourth-order valence-electron chi connectivity index (χ4n) is 2.28. The summed E-state index contributed by atoms with van der Waals surface area (Å²) in [5.74, 6) is 0.601. The lowest BCUT2D eigenvalue weighted by atomic mass is 10.1. The van der Waals surface area contributed by atoms with Gasteiger partial charge in [-0.2, -0.15) is 0 Å². The first-order valence-electron chi connectivity index (χ1n) is 6.72. The Balaban J connectivity index is 2.01. The van der Waals surface area contributed by atoms with Gasteiger partial charge in [0.15, 0.2) is 6.61 Å². The Morgan fingerprint density at radius 3 is 2.38 bits per heavy atom. The van der Waals surface area contributed by atoms with E-state index in [2.05, 4.69) is 21.2 Å². The summed E-state index contributed by atoms with van der Waals surface area (Å²) in [6, 6.07) is 11.6. The number of benzene rings is 2. The van der Waals surface area contributed by atoms with Gasteiger partial charge in [0.2, 0.25) is 0 Å². The number of hydrogen-bond acceptors (Lipinski definition) is 2. The van der Waals surface area contributed by atoms with Crippen molar-refractivity contribution in [3.63, 3.8) is 0 Å². The molecular formula is C17H18BrNO2. The summed E-state index contributed by atoms with van der Waals surface area (Å²) in [5, 5.41) is 2.82. The average Bonchev–Trinajstić information content (AvgIpc) is 2.40. The third-order valence-electron chi connectivity index (χ3n) is 3.10. The van der Waals surface area contributed by atoms with Gasteiger partial charge in [-0.05, 0) is 60.0 Å². The predicted molar refractivity (Wildman–Crippen MR) is 88.9 cm³/mol. The molecule has 0 unspecified atom stereocenters. The first kappa shape index (κ1) is 15.6. The van der Waals surface area contributed by atoms with Crippen LogP contribution in [0.2, 0.25) is 0 Å². The van der Waals surface area contributed by atoms with E-state index >= 15 is 0 Å². The molecule has 0 saturated heterocycles. The molecule has 21 heavy (non-hydrogen) atoms. The fraction of sp³-hybridized carbons (Fsp3) is 0.235. The van der Waals surface area contributed by atoms with Crippen molar-refractivity contribution in [2.45, 2.75) is 20.8 Å². The minimum Gasteiger partial charge on any atom is -0.483 e. The molecule has 0 heterocycles. The van der Waals surface area contributed by atoms with Crippen LogP contribution in [0.3, 0.4) is 0 Å². The standard InChI is InChI=1S/C17H18BrNO2/c1-11-8-12(2)17(13(3)9-11)21-10-16(20)19-15-7-5-4-6-14(15)18/h4-9H,10H2,1-3H3,(H,19,20). The second kappa shape index (κ2) is 6.76. The van der Waals surface area contributed by atoms with Crippen molar-refractivity contribution >= 4 is 27.5 Å². The van der Waals surface area contributed by atoms with Crippen molar-refractivity contribution in [2.75, 3.05) is 11.9 Å². The van der Waals surface area contributed by atoms with E-state index in [9.17, 15) is 4.79 Å². The highest BCUT2D eigenvalue weighted by atomic mass is 79.9. The van der Waals surface area contributed by atoms with Crippen molar-refractivity contribution < 1.29 is 9.53 Å². The van der Waals surface area contributed by atoms with Gasteiger partial charge in [-0.15, -0.1) is 0 Å². The van der Waals surface area contributed by atoms with Gasteiger partial charge in [-0.3, -0.25) is 4.79 Å². The summed E-state index contributed by atoms with van der Waals surface area (Å²) in [6.45, 7) is 6.01. The van der Waals surface area contributed by atoms with E-state index in [0.717, 1.165) is 27.0 Å². The molecule has 2 aromatic rings. The van der Waals surface area contributed by atoms with Crippen LogP contribution in [0.5, 0.6) is 5.75 Å². The molecule has 0 saturated carbocycles. The quantitative estimate of drug-likeness (QED) is 0.890. The Labute approximate surface area is 133 Å². The summed E-state index contributed by atoms with van der Waals surface area (Å²) in [7, 11) is 0. The predicted octanol–water partition coefficient (Wildman–Crippen LogP) is 4.39. The number of carbonyl (C=O) groups excluding carboxylic acids is 1. The maximum absolute atomic E-state index is 12.0. The second-order valence-corrected chi connectivity index (χ2v) is 5.90. The van der Waals surface area contributed by atoms with E-state index < -0.39 is 0 Å². The van der Waals surface area contributed by atoms with E-state index in [1.165, 1.54) is 5.56 Å². The molecule has 0 aromatic heterocycles. The van der Waals surface area contributed by atoms with Gasteiger partial charge >= 0.3 is 0 Å². The number of para-hydroxylation sites is 1. The van der Waals surface area contributed by atoms with Gasteiger partial charge in [0.1, 0.15) is 5.75 Å². The number of hydrogen-bond donors (Lipinski definition) is 1. The first-order valence-corrected chi connectivity index (χ1v) is 7.51. The monoisotopic (exact) mass is 347 g/mol. The molecule has 4 heteroatoms. The minimum absolute atomic E-state index is 0.00786. The molecule has 0 radical (unpaired) electrons. The van der Waals surface area contributed by atoms with Crippen molar-refractivity contribution in [3.8, 4) is 5.75 Å². The zero-order valence-electron chi connectivity index (χ0n) is 12.4. The van der Waals surface area contributed by atoms with Gasteiger partial charge < -0.3 is 10.1 Å². The molecule has 0 bridgehead atoms.